The number of hydrogen-bond acceptors (Lipinski definition) is 0. The minimum absolute atomic E-state index is 0. The van der Waals surface area contributed by atoms with Crippen molar-refractivity contribution in [2.75, 3.05) is 0 Å². The van der Waals surface area contributed by atoms with Crippen molar-refractivity contribution in [1.82, 2.24) is 0 Å². The van der Waals surface area contributed by atoms with E-state index in [1.54, 1.807) is 0 Å². The van der Waals surface area contributed by atoms with Gasteiger partial charge < -0.3 is 27.4 Å². The Morgan fingerprint density at radius 1 is 0.500 bits per heavy atom. The maximum absolute atomic E-state index is 0. The van der Waals surface area contributed by atoms with Crippen LogP contribution in [-0.4, -0.2) is 48.9 Å². The van der Waals surface area contributed by atoms with E-state index in [-0.39, 0.29) is 131 Å². The van der Waals surface area contributed by atoms with Gasteiger partial charge in [0.25, 0.3) is 0 Å². The molecule has 0 radical (unpaired) electrons. The van der Waals surface area contributed by atoms with Crippen LogP contribution in [0.1, 0.15) is 0 Å². The first-order valence-electron chi connectivity index (χ1n) is 0. The third-order valence-corrected chi connectivity index (χ3v) is 0. The minimum atomic E-state index is 0. The predicted octanol–water partition coefficient (Wildman–Crippen LogP) is -0.980. The first-order valence-corrected chi connectivity index (χ1v) is 0. The van der Waals surface area contributed by atoms with Crippen molar-refractivity contribution in [1.29, 1.82) is 0 Å². The smallest absolute Gasteiger partial charge is 2.00 e. The molecule has 0 saturated carbocycles. The largest absolute Gasteiger partial charge is 5.00 e. The zero-order valence-corrected chi connectivity index (χ0v) is 13.3. The molecule has 0 aliphatic rings. The molecular formula is BaNbO5Y. The van der Waals surface area contributed by atoms with Crippen LogP contribution >= 0.6 is 0 Å². The molecule has 0 aliphatic carbocycles. The van der Waals surface area contributed by atoms with E-state index in [2.05, 4.69) is 0 Å². The second-order valence-electron chi connectivity index (χ2n) is 0. The van der Waals surface area contributed by atoms with Crippen molar-refractivity contribution in [3.63, 3.8) is 0 Å². The van der Waals surface area contributed by atoms with Crippen molar-refractivity contribution in [3.05, 3.63) is 0 Å². The standard InChI is InChI=1S/Ba.Nb.5O.Y/q+2;+5;5*-2;+3. The Morgan fingerprint density at radius 2 is 0.500 bits per heavy atom. The molecule has 8 heavy (non-hydrogen) atoms. The summed E-state index contributed by atoms with van der Waals surface area (Å²) in [4.78, 5) is 0. The van der Waals surface area contributed by atoms with Crippen molar-refractivity contribution in [3.8, 4) is 0 Å². The van der Waals surface area contributed by atoms with Gasteiger partial charge in [0, 0.05) is 0 Å². The van der Waals surface area contributed by atoms with E-state index in [0.717, 1.165) is 0 Å². The van der Waals surface area contributed by atoms with Crippen molar-refractivity contribution in [2.24, 2.45) is 0 Å². The molecule has 0 spiro atoms. The molecule has 0 amide bonds. The Hall–Kier alpha value is 3.22. The van der Waals surface area contributed by atoms with E-state index in [9.17, 15) is 0 Å². The summed E-state index contributed by atoms with van der Waals surface area (Å²) < 4.78 is 0. The molecule has 0 heterocycles. The Kier molecular flexibility index (Phi) is 1190. The molecule has 0 aromatic heterocycles. The van der Waals surface area contributed by atoms with Crippen LogP contribution in [0.4, 0.5) is 0 Å². The predicted molar refractivity (Wildman–Crippen MR) is 9.19 cm³/mol. The first-order chi connectivity index (χ1) is 0. The Labute approximate surface area is 128 Å². The van der Waals surface area contributed by atoms with E-state index < -0.39 is 0 Å². The van der Waals surface area contributed by atoms with Gasteiger partial charge in [-0.25, -0.2) is 0 Å². The SMILES string of the molecule is [Ba+2].[Nb+5].[O-2].[O-2].[O-2].[O-2].[O-2].[Y+3]. The summed E-state index contributed by atoms with van der Waals surface area (Å²) in [6, 6.07) is 0. The molecule has 0 N–H and O–H groups in total. The summed E-state index contributed by atoms with van der Waals surface area (Å²) in [5.41, 5.74) is 0. The molecule has 0 fully saturated rings. The quantitative estimate of drug-likeness (QED) is 0.462. The molecule has 40 valence electrons. The zero-order chi connectivity index (χ0) is 0. The van der Waals surface area contributed by atoms with Crippen molar-refractivity contribution >= 4 is 48.9 Å². The molecule has 0 atom stereocenters. The molecule has 5 nitrogen and oxygen atoms in total. The van der Waals surface area contributed by atoms with Gasteiger partial charge in [0.1, 0.15) is 0 Å². The van der Waals surface area contributed by atoms with Gasteiger partial charge in [0.05, 0.1) is 0 Å². The third kappa shape index (κ3) is 60.2. The molecule has 0 saturated heterocycles. The molecule has 8 heteroatoms. The van der Waals surface area contributed by atoms with Gasteiger partial charge in [-0.3, -0.25) is 0 Å². The second-order valence-corrected chi connectivity index (χ2v) is 0. The van der Waals surface area contributed by atoms with E-state index in [4.69, 9.17) is 0 Å². The van der Waals surface area contributed by atoms with E-state index in [1.807, 2.05) is 0 Å². The minimum Gasteiger partial charge on any atom is -2.00 e. The van der Waals surface area contributed by atoms with Crippen molar-refractivity contribution in [2.45, 2.75) is 0 Å². The van der Waals surface area contributed by atoms with Crippen LogP contribution in [0, 0.1) is 0 Å². The van der Waals surface area contributed by atoms with Crippen molar-refractivity contribution < 1.29 is 82.5 Å². The van der Waals surface area contributed by atoms with Crippen LogP contribution in [0.5, 0.6) is 0 Å². The molecule has 0 unspecified atom stereocenters. The van der Waals surface area contributed by atoms with Crippen LogP contribution in [0.3, 0.4) is 0 Å². The van der Waals surface area contributed by atoms with E-state index in [0.29, 0.717) is 0 Å². The van der Waals surface area contributed by atoms with Crippen LogP contribution < -0.4 is 0 Å². The van der Waals surface area contributed by atoms with E-state index in [1.165, 1.54) is 0 Å². The average molecular weight is 399 g/mol. The summed E-state index contributed by atoms with van der Waals surface area (Å²) in [6.45, 7) is 0. The van der Waals surface area contributed by atoms with Gasteiger partial charge in [-0.2, -0.15) is 0 Å². The molecular weight excluding hydrogens is 399 g/mol. The Morgan fingerprint density at radius 3 is 0.500 bits per heavy atom. The fraction of sp³-hybridized carbons (Fsp3) is 0. The normalized spacial score (nSPS) is 0. The summed E-state index contributed by atoms with van der Waals surface area (Å²) in [7, 11) is 0. The topological polar surface area (TPSA) is 142 Å². The first kappa shape index (κ1) is 113. The molecule has 0 rings (SSSR count). The van der Waals surface area contributed by atoms with Crippen LogP contribution in [0.25, 0.3) is 0 Å². The van der Waals surface area contributed by atoms with Gasteiger partial charge >= 0.3 is 104 Å². The Bertz CT molecular complexity index is 12.4. The summed E-state index contributed by atoms with van der Waals surface area (Å²) >= 11 is 0. The molecule has 0 aromatic rings. The van der Waals surface area contributed by atoms with Gasteiger partial charge in [-0.05, 0) is 0 Å². The molecule has 0 aromatic carbocycles. The van der Waals surface area contributed by atoms with Crippen LogP contribution in [0.15, 0.2) is 0 Å². The average Bonchev–Trinajstić information content (AvgIpc) is 0. The maximum atomic E-state index is 0. The van der Waals surface area contributed by atoms with Gasteiger partial charge in [0.2, 0.25) is 0 Å². The van der Waals surface area contributed by atoms with E-state index >= 15 is 0 Å². The summed E-state index contributed by atoms with van der Waals surface area (Å²) in [6.07, 6.45) is 0. The number of hydrogen-bond donors (Lipinski definition) is 0. The van der Waals surface area contributed by atoms with Crippen LogP contribution in [-0.2, 0) is 82.5 Å². The third-order valence-electron chi connectivity index (χ3n) is 0. The van der Waals surface area contributed by atoms with Gasteiger partial charge in [0.15, 0.2) is 0 Å². The maximum Gasteiger partial charge on any atom is 5.00 e. The second kappa shape index (κ2) is 83.9. The molecule has 0 aliphatic heterocycles. The molecule has 0 bridgehead atoms. The monoisotopic (exact) mass is 400 g/mol. The fourth-order valence-electron chi connectivity index (χ4n) is 0. The van der Waals surface area contributed by atoms with Crippen LogP contribution in [0.2, 0.25) is 0 Å². The number of rotatable bonds is 0. The summed E-state index contributed by atoms with van der Waals surface area (Å²) in [5, 5.41) is 0. The fourth-order valence-corrected chi connectivity index (χ4v) is 0. The Balaban J connectivity index is 0. The van der Waals surface area contributed by atoms with Gasteiger partial charge in [-0.1, -0.05) is 0 Å². The zero-order valence-electron chi connectivity index (χ0n) is 3.77. The van der Waals surface area contributed by atoms with Gasteiger partial charge in [-0.15, -0.1) is 0 Å². The summed E-state index contributed by atoms with van der Waals surface area (Å²) in [5.74, 6) is 0.